The van der Waals surface area contributed by atoms with Crippen molar-refractivity contribution in [3.8, 4) is 55.6 Å². The van der Waals surface area contributed by atoms with Gasteiger partial charge in [-0.05, 0) is 121 Å². The fraction of sp³-hybridized carbons (Fsp3) is 0.100. The molecule has 1 heterocycles. The molecule has 2 aliphatic rings. The van der Waals surface area contributed by atoms with E-state index in [1.54, 1.807) is 0 Å². The maximum absolute atomic E-state index is 6.50. The van der Waals surface area contributed by atoms with Crippen molar-refractivity contribution in [1.82, 2.24) is 0 Å². The van der Waals surface area contributed by atoms with Crippen LogP contribution in [0.3, 0.4) is 0 Å². The molecule has 0 bridgehead atoms. The van der Waals surface area contributed by atoms with Crippen molar-refractivity contribution in [1.29, 1.82) is 0 Å². The lowest BCUT2D eigenvalue weighted by molar-refractivity contribution is 0.652. The van der Waals surface area contributed by atoms with E-state index in [9.17, 15) is 0 Å². The second kappa shape index (κ2) is 13.5. The molecule has 2 aliphatic carbocycles. The van der Waals surface area contributed by atoms with E-state index >= 15 is 0 Å². The Morgan fingerprint density at radius 2 is 0.919 bits per heavy atom. The predicted octanol–water partition coefficient (Wildman–Crippen LogP) is 16.7. The van der Waals surface area contributed by atoms with Gasteiger partial charge in [0.1, 0.15) is 11.2 Å². The van der Waals surface area contributed by atoms with Gasteiger partial charge in [-0.3, -0.25) is 0 Å². The molecule has 0 atom stereocenters. The number of furan rings is 1. The van der Waals surface area contributed by atoms with Crippen LogP contribution in [0.5, 0.6) is 0 Å². The molecule has 1 aromatic heterocycles. The van der Waals surface area contributed by atoms with Gasteiger partial charge in [0.2, 0.25) is 0 Å². The molecule has 0 saturated heterocycles. The summed E-state index contributed by atoms with van der Waals surface area (Å²) in [4.78, 5) is 2.48. The highest BCUT2D eigenvalue weighted by Gasteiger charge is 2.44. The lowest BCUT2D eigenvalue weighted by atomic mass is 9.78. The van der Waals surface area contributed by atoms with Gasteiger partial charge < -0.3 is 9.32 Å². The number of nitrogens with zero attached hydrogens (tertiary/aromatic N) is 1. The van der Waals surface area contributed by atoms with Crippen LogP contribution in [-0.4, -0.2) is 0 Å². The summed E-state index contributed by atoms with van der Waals surface area (Å²) in [6, 6.07) is 73.4. The van der Waals surface area contributed by atoms with Gasteiger partial charge in [0.15, 0.2) is 0 Å². The van der Waals surface area contributed by atoms with Gasteiger partial charge in [0.05, 0.1) is 5.69 Å². The van der Waals surface area contributed by atoms with E-state index in [2.05, 4.69) is 227 Å². The first kappa shape index (κ1) is 36.4. The summed E-state index contributed by atoms with van der Waals surface area (Å²) in [5.41, 5.74) is 22.7. The van der Waals surface area contributed by atoms with E-state index < -0.39 is 0 Å². The number of para-hydroxylation sites is 2. The lowest BCUT2D eigenvalue weighted by Gasteiger charge is -2.33. The van der Waals surface area contributed by atoms with Gasteiger partial charge in [-0.1, -0.05) is 179 Å². The van der Waals surface area contributed by atoms with Crippen molar-refractivity contribution in [2.24, 2.45) is 0 Å². The molecule has 0 spiro atoms. The van der Waals surface area contributed by atoms with Gasteiger partial charge in [0.25, 0.3) is 0 Å². The van der Waals surface area contributed by atoms with Crippen LogP contribution in [0, 0.1) is 0 Å². The zero-order valence-corrected chi connectivity index (χ0v) is 35.4. The molecular formula is C60H45NO. The molecule has 0 unspecified atom stereocenters. The highest BCUT2D eigenvalue weighted by Crippen LogP contribution is 2.60. The summed E-state index contributed by atoms with van der Waals surface area (Å²) in [6.45, 7) is 9.64. The first-order chi connectivity index (χ1) is 30.3. The van der Waals surface area contributed by atoms with Gasteiger partial charge >= 0.3 is 0 Å². The molecular weight excluding hydrogens is 751 g/mol. The van der Waals surface area contributed by atoms with Crippen LogP contribution in [0.15, 0.2) is 205 Å². The van der Waals surface area contributed by atoms with Crippen LogP contribution < -0.4 is 4.90 Å². The quantitative estimate of drug-likeness (QED) is 0.167. The maximum atomic E-state index is 6.50. The summed E-state index contributed by atoms with van der Waals surface area (Å²) in [7, 11) is 0. The number of fused-ring (bicyclic) bond motifs is 9. The summed E-state index contributed by atoms with van der Waals surface area (Å²) >= 11 is 0. The van der Waals surface area contributed by atoms with Crippen LogP contribution in [0.2, 0.25) is 0 Å². The van der Waals surface area contributed by atoms with E-state index in [1.807, 2.05) is 6.07 Å². The Hall–Kier alpha value is -7.42. The number of hydrogen-bond acceptors (Lipinski definition) is 2. The van der Waals surface area contributed by atoms with E-state index in [4.69, 9.17) is 4.42 Å². The first-order valence-electron chi connectivity index (χ1n) is 21.8. The average Bonchev–Trinajstić information content (AvgIpc) is 3.89. The van der Waals surface area contributed by atoms with Crippen LogP contribution in [-0.2, 0) is 10.8 Å². The van der Waals surface area contributed by atoms with Crippen LogP contribution >= 0.6 is 0 Å². The minimum atomic E-state index is -0.319. The Morgan fingerprint density at radius 1 is 0.371 bits per heavy atom. The van der Waals surface area contributed by atoms with E-state index in [-0.39, 0.29) is 10.8 Å². The molecule has 2 heteroatoms. The molecule has 0 fully saturated rings. The summed E-state index contributed by atoms with van der Waals surface area (Å²) in [5.74, 6) is 0. The first-order valence-corrected chi connectivity index (χ1v) is 21.8. The Morgan fingerprint density at radius 3 is 1.66 bits per heavy atom. The zero-order chi connectivity index (χ0) is 41.7. The number of rotatable bonds is 6. The fourth-order valence-electron chi connectivity index (χ4n) is 10.8. The number of benzene rings is 9. The predicted molar refractivity (Wildman–Crippen MR) is 260 cm³/mol. The van der Waals surface area contributed by atoms with Crippen molar-refractivity contribution < 1.29 is 4.42 Å². The molecule has 2 nitrogen and oxygen atoms in total. The van der Waals surface area contributed by atoms with Gasteiger partial charge in [-0.2, -0.15) is 0 Å². The average molecular weight is 796 g/mol. The van der Waals surface area contributed by atoms with Crippen molar-refractivity contribution in [2.75, 3.05) is 4.90 Å². The van der Waals surface area contributed by atoms with Crippen molar-refractivity contribution in [3.63, 3.8) is 0 Å². The largest absolute Gasteiger partial charge is 0.455 e. The topological polar surface area (TPSA) is 16.4 Å². The van der Waals surface area contributed by atoms with Crippen LogP contribution in [0.1, 0.15) is 49.9 Å². The van der Waals surface area contributed by atoms with E-state index in [0.29, 0.717) is 0 Å². The number of anilines is 3. The molecule has 0 saturated carbocycles. The third-order valence-electron chi connectivity index (χ3n) is 13.9. The fourth-order valence-corrected chi connectivity index (χ4v) is 10.8. The third kappa shape index (κ3) is 5.36. The van der Waals surface area contributed by atoms with Crippen molar-refractivity contribution >= 4 is 39.0 Å². The normalized spacial score (nSPS) is 14.1. The monoisotopic (exact) mass is 795 g/mol. The molecule has 0 amide bonds. The SMILES string of the molecule is CC1(C)c2ccccc2-c2cc3c(cc21)-c1c(-c2ccccc2)ccc(N(c2ccc(-c4ccccc4)cc2)c2ccc(-c4cccc5c4oc4ccccc45)cc2)c1C3(C)C. The molecule has 0 N–H and O–H groups in total. The Bertz CT molecular complexity index is 3370. The second-order valence-corrected chi connectivity index (χ2v) is 18.1. The van der Waals surface area contributed by atoms with Crippen molar-refractivity contribution in [3.05, 3.63) is 222 Å². The number of hydrogen-bond donors (Lipinski definition) is 0. The Kier molecular flexibility index (Phi) is 7.96. The molecule has 0 aliphatic heterocycles. The Balaban J connectivity index is 1.08. The molecule has 62 heavy (non-hydrogen) atoms. The molecule has 9 aromatic carbocycles. The lowest BCUT2D eigenvalue weighted by Crippen LogP contribution is -2.21. The zero-order valence-electron chi connectivity index (χ0n) is 35.4. The van der Waals surface area contributed by atoms with Gasteiger partial charge in [-0.15, -0.1) is 0 Å². The van der Waals surface area contributed by atoms with E-state index in [0.717, 1.165) is 44.4 Å². The highest BCUT2D eigenvalue weighted by atomic mass is 16.3. The third-order valence-corrected chi connectivity index (χ3v) is 13.9. The smallest absolute Gasteiger partial charge is 0.143 e. The molecule has 0 radical (unpaired) electrons. The molecule has 10 aromatic rings. The molecule has 12 rings (SSSR count). The highest BCUT2D eigenvalue weighted by molar-refractivity contribution is 6.09. The summed E-state index contributed by atoms with van der Waals surface area (Å²) < 4.78 is 6.50. The van der Waals surface area contributed by atoms with Gasteiger partial charge in [0, 0.05) is 38.5 Å². The minimum absolute atomic E-state index is 0.112. The van der Waals surface area contributed by atoms with E-state index in [1.165, 1.54) is 72.4 Å². The van der Waals surface area contributed by atoms with Gasteiger partial charge in [-0.25, -0.2) is 0 Å². The Labute approximate surface area is 363 Å². The van der Waals surface area contributed by atoms with Crippen LogP contribution in [0.25, 0.3) is 77.6 Å². The molecule has 296 valence electrons. The van der Waals surface area contributed by atoms with Crippen molar-refractivity contribution in [2.45, 2.75) is 38.5 Å². The standard InChI is InChI=1S/C60H45NO/c1-59(2)51-24-13-11-20-46(51)49-36-53-50(37-52(49)59)56-44(40-18-9-6-10-19-40)34-35-54(57(56)60(53,3)4)61(42-30-26-39(27-31-42)38-16-7-5-8-17-38)43-32-28-41(29-33-43)45-22-15-23-48-47-21-12-14-25-55(47)62-58(45)48/h5-37H,1-4H3. The summed E-state index contributed by atoms with van der Waals surface area (Å²) in [5, 5.41) is 2.27. The van der Waals surface area contributed by atoms with Crippen LogP contribution in [0.4, 0.5) is 17.1 Å². The second-order valence-electron chi connectivity index (χ2n) is 18.1. The maximum Gasteiger partial charge on any atom is 0.143 e. The minimum Gasteiger partial charge on any atom is -0.455 e. The summed E-state index contributed by atoms with van der Waals surface area (Å²) in [6.07, 6.45) is 0.